The summed E-state index contributed by atoms with van der Waals surface area (Å²) in [4.78, 5) is 13.3. The molecule has 0 heterocycles. The second-order valence-corrected chi connectivity index (χ2v) is 6.83. The first-order chi connectivity index (χ1) is 10.6. The summed E-state index contributed by atoms with van der Waals surface area (Å²) in [5.41, 5.74) is 1.51. The fourth-order valence-corrected chi connectivity index (χ4v) is 3.92. The lowest BCUT2D eigenvalue weighted by atomic mass is 9.65. The summed E-state index contributed by atoms with van der Waals surface area (Å²) >= 11 is 6.38. The first-order valence-electron chi connectivity index (χ1n) is 8.49. The maximum atomic E-state index is 13.3. The molecule has 0 saturated heterocycles. The van der Waals surface area contributed by atoms with Crippen LogP contribution < -0.4 is 4.74 Å². The number of fused-ring (bicyclic) bond motifs is 1. The Bertz CT molecular complexity index is 528. The van der Waals surface area contributed by atoms with E-state index >= 15 is 0 Å². The molecule has 0 saturated carbocycles. The molecular weight excluding hydrogens is 296 g/mol. The van der Waals surface area contributed by atoms with Crippen molar-refractivity contribution in [3.63, 3.8) is 0 Å². The molecule has 1 aliphatic carbocycles. The number of unbranched alkanes of at least 4 members (excludes halogenated alkanes) is 2. The number of benzene rings is 1. The predicted molar refractivity (Wildman–Crippen MR) is 92.1 cm³/mol. The Hall–Kier alpha value is -1.02. The highest BCUT2D eigenvalue weighted by molar-refractivity contribution is 6.34. The predicted octanol–water partition coefficient (Wildman–Crippen LogP) is 5.84. The van der Waals surface area contributed by atoms with E-state index in [0.29, 0.717) is 5.02 Å². The number of carbonyl (C=O) groups is 1. The van der Waals surface area contributed by atoms with Crippen LogP contribution in [0.1, 0.15) is 74.7 Å². The SMILES string of the molecule is CCCCC1(CCCC)CCc2c(OC)ccc(Cl)c2C1=O. The molecule has 2 rings (SSSR count). The van der Waals surface area contributed by atoms with E-state index < -0.39 is 0 Å². The van der Waals surface area contributed by atoms with Gasteiger partial charge in [0.15, 0.2) is 5.78 Å². The first-order valence-corrected chi connectivity index (χ1v) is 8.87. The third-order valence-corrected chi connectivity index (χ3v) is 5.33. The van der Waals surface area contributed by atoms with Crippen molar-refractivity contribution >= 4 is 17.4 Å². The molecule has 0 radical (unpaired) electrons. The van der Waals surface area contributed by atoms with Crippen molar-refractivity contribution in [3.05, 3.63) is 28.3 Å². The lowest BCUT2D eigenvalue weighted by molar-refractivity contribution is 0.0706. The van der Waals surface area contributed by atoms with Gasteiger partial charge >= 0.3 is 0 Å². The molecule has 22 heavy (non-hydrogen) atoms. The minimum atomic E-state index is -0.213. The van der Waals surface area contributed by atoms with Crippen LogP contribution in [0.4, 0.5) is 0 Å². The summed E-state index contributed by atoms with van der Waals surface area (Å²) < 4.78 is 5.44. The van der Waals surface area contributed by atoms with Gasteiger partial charge in [0.25, 0.3) is 0 Å². The summed E-state index contributed by atoms with van der Waals surface area (Å²) in [5, 5.41) is 0.581. The molecule has 2 nitrogen and oxygen atoms in total. The summed E-state index contributed by atoms with van der Waals surface area (Å²) in [6.07, 6.45) is 8.23. The third kappa shape index (κ3) is 3.17. The highest BCUT2D eigenvalue weighted by Crippen LogP contribution is 2.47. The fourth-order valence-electron chi connectivity index (χ4n) is 3.66. The minimum absolute atomic E-state index is 0.213. The van der Waals surface area contributed by atoms with Crippen LogP contribution in [0.5, 0.6) is 5.75 Å². The topological polar surface area (TPSA) is 26.3 Å². The molecule has 0 atom stereocenters. The summed E-state index contributed by atoms with van der Waals surface area (Å²) in [7, 11) is 1.66. The van der Waals surface area contributed by atoms with Crippen molar-refractivity contribution in [1.82, 2.24) is 0 Å². The number of ketones is 1. The summed E-state index contributed by atoms with van der Waals surface area (Å²) in [6, 6.07) is 3.67. The van der Waals surface area contributed by atoms with Crippen LogP contribution in [0.2, 0.25) is 5.02 Å². The molecule has 0 bridgehead atoms. The van der Waals surface area contributed by atoms with Crippen molar-refractivity contribution in [1.29, 1.82) is 0 Å². The first kappa shape index (κ1) is 17.3. The smallest absolute Gasteiger partial charge is 0.170 e. The highest BCUT2D eigenvalue weighted by atomic mass is 35.5. The summed E-state index contributed by atoms with van der Waals surface area (Å²) in [5.74, 6) is 1.05. The highest BCUT2D eigenvalue weighted by Gasteiger charge is 2.43. The normalized spacial score (nSPS) is 16.5. The number of halogens is 1. The lowest BCUT2D eigenvalue weighted by Gasteiger charge is -2.38. The molecule has 0 amide bonds. The zero-order valence-corrected chi connectivity index (χ0v) is 14.8. The fraction of sp³-hybridized carbons (Fsp3) is 0.632. The molecule has 0 unspecified atom stereocenters. The quantitative estimate of drug-likeness (QED) is 0.630. The third-order valence-electron chi connectivity index (χ3n) is 5.02. The van der Waals surface area contributed by atoms with Crippen molar-refractivity contribution in [2.45, 2.75) is 65.2 Å². The average Bonchev–Trinajstić information content (AvgIpc) is 2.53. The molecule has 1 aliphatic rings. The summed E-state index contributed by atoms with van der Waals surface area (Å²) in [6.45, 7) is 4.37. The number of hydrogen-bond donors (Lipinski definition) is 0. The number of carbonyl (C=O) groups excluding carboxylic acids is 1. The molecule has 0 N–H and O–H groups in total. The van der Waals surface area contributed by atoms with E-state index in [0.717, 1.165) is 68.2 Å². The van der Waals surface area contributed by atoms with Gasteiger partial charge in [0.2, 0.25) is 0 Å². The number of rotatable bonds is 7. The molecule has 1 aromatic carbocycles. The number of Topliss-reactive ketones (excluding diaryl/α,β-unsaturated/α-hetero) is 1. The van der Waals surface area contributed by atoms with Gasteiger partial charge < -0.3 is 4.74 Å². The van der Waals surface area contributed by atoms with Crippen LogP contribution in [-0.2, 0) is 6.42 Å². The Morgan fingerprint density at radius 2 is 1.82 bits per heavy atom. The van der Waals surface area contributed by atoms with Gasteiger partial charge in [0.1, 0.15) is 5.75 Å². The van der Waals surface area contributed by atoms with E-state index in [1.807, 2.05) is 6.07 Å². The molecule has 1 aromatic rings. The van der Waals surface area contributed by atoms with Crippen molar-refractivity contribution in [2.75, 3.05) is 7.11 Å². The minimum Gasteiger partial charge on any atom is -0.496 e. The van der Waals surface area contributed by atoms with Gasteiger partial charge in [-0.05, 0) is 37.8 Å². The van der Waals surface area contributed by atoms with Gasteiger partial charge in [0, 0.05) is 16.5 Å². The van der Waals surface area contributed by atoms with E-state index in [9.17, 15) is 4.79 Å². The second kappa shape index (κ2) is 7.50. The van der Waals surface area contributed by atoms with Gasteiger partial charge in [-0.1, -0.05) is 51.1 Å². The van der Waals surface area contributed by atoms with Crippen LogP contribution in [0.25, 0.3) is 0 Å². The molecule has 0 spiro atoms. The Balaban J connectivity index is 2.43. The zero-order chi connectivity index (χ0) is 16.2. The van der Waals surface area contributed by atoms with Gasteiger partial charge in [0.05, 0.1) is 12.1 Å². The molecule has 0 fully saturated rings. The van der Waals surface area contributed by atoms with E-state index in [4.69, 9.17) is 16.3 Å². The van der Waals surface area contributed by atoms with E-state index in [1.54, 1.807) is 13.2 Å². The Morgan fingerprint density at radius 1 is 1.18 bits per heavy atom. The number of hydrogen-bond acceptors (Lipinski definition) is 2. The zero-order valence-electron chi connectivity index (χ0n) is 14.0. The van der Waals surface area contributed by atoms with Gasteiger partial charge in [-0.15, -0.1) is 0 Å². The van der Waals surface area contributed by atoms with Crippen molar-refractivity contribution in [2.24, 2.45) is 5.41 Å². The molecule has 3 heteroatoms. The largest absolute Gasteiger partial charge is 0.496 e. The Kier molecular flexibility index (Phi) is 5.91. The second-order valence-electron chi connectivity index (χ2n) is 6.42. The van der Waals surface area contributed by atoms with E-state index in [1.165, 1.54) is 0 Å². The molecule has 0 aromatic heterocycles. The Morgan fingerprint density at radius 3 is 2.36 bits per heavy atom. The monoisotopic (exact) mass is 322 g/mol. The molecular formula is C19H27ClO2. The van der Waals surface area contributed by atoms with Gasteiger partial charge in [-0.2, -0.15) is 0 Å². The molecule has 0 aliphatic heterocycles. The standard InChI is InChI=1S/C19H27ClO2/c1-4-6-11-19(12-7-5-2)13-10-14-16(22-3)9-8-15(20)17(14)18(19)21/h8-9H,4-7,10-13H2,1-3H3. The number of methoxy groups -OCH3 is 1. The maximum absolute atomic E-state index is 13.3. The van der Waals surface area contributed by atoms with Crippen LogP contribution in [-0.4, -0.2) is 12.9 Å². The maximum Gasteiger partial charge on any atom is 0.170 e. The van der Waals surface area contributed by atoms with Crippen LogP contribution in [0.3, 0.4) is 0 Å². The average molecular weight is 323 g/mol. The lowest BCUT2D eigenvalue weighted by Crippen LogP contribution is -2.36. The number of ether oxygens (including phenoxy) is 1. The van der Waals surface area contributed by atoms with Gasteiger partial charge in [-0.25, -0.2) is 0 Å². The van der Waals surface area contributed by atoms with Gasteiger partial charge in [-0.3, -0.25) is 4.79 Å². The van der Waals surface area contributed by atoms with Crippen LogP contribution in [0, 0.1) is 5.41 Å². The van der Waals surface area contributed by atoms with Crippen LogP contribution >= 0.6 is 11.6 Å². The molecule has 122 valence electrons. The van der Waals surface area contributed by atoms with E-state index in [-0.39, 0.29) is 11.2 Å². The Labute approximate surface area is 139 Å². The van der Waals surface area contributed by atoms with Crippen molar-refractivity contribution < 1.29 is 9.53 Å². The van der Waals surface area contributed by atoms with Crippen molar-refractivity contribution in [3.8, 4) is 5.75 Å². The van der Waals surface area contributed by atoms with E-state index in [2.05, 4.69) is 13.8 Å². The van der Waals surface area contributed by atoms with Crippen LogP contribution in [0.15, 0.2) is 12.1 Å².